The highest BCUT2D eigenvalue weighted by molar-refractivity contribution is 9.10. The van der Waals surface area contributed by atoms with Crippen molar-refractivity contribution in [3.63, 3.8) is 0 Å². The van der Waals surface area contributed by atoms with Crippen LogP contribution in [0.2, 0.25) is 0 Å². The van der Waals surface area contributed by atoms with Gasteiger partial charge in [0, 0.05) is 25.8 Å². The van der Waals surface area contributed by atoms with Crippen LogP contribution in [0, 0.1) is 5.82 Å². The maximum absolute atomic E-state index is 13.0. The van der Waals surface area contributed by atoms with Crippen LogP contribution < -0.4 is 5.32 Å². The van der Waals surface area contributed by atoms with E-state index in [9.17, 15) is 9.18 Å². The number of hydrogen-bond donors (Lipinski definition) is 1. The Morgan fingerprint density at radius 3 is 2.80 bits per heavy atom. The highest BCUT2D eigenvalue weighted by Crippen LogP contribution is 2.16. The summed E-state index contributed by atoms with van der Waals surface area (Å²) in [5.41, 5.74) is 0.439. The Bertz CT molecular complexity index is 429. The van der Waals surface area contributed by atoms with Gasteiger partial charge in [0.05, 0.1) is 17.7 Å². The molecule has 0 aliphatic carbocycles. The smallest absolute Gasteiger partial charge is 0.251 e. The number of rotatable bonds is 9. The second kappa shape index (κ2) is 9.85. The van der Waals surface area contributed by atoms with Gasteiger partial charge in [0.15, 0.2) is 0 Å². The van der Waals surface area contributed by atoms with E-state index in [1.807, 2.05) is 0 Å². The van der Waals surface area contributed by atoms with Gasteiger partial charge < -0.3 is 14.8 Å². The maximum atomic E-state index is 13.0. The molecule has 0 bridgehead atoms. The molecular formula is C14H19BrFNO3. The topological polar surface area (TPSA) is 47.6 Å². The van der Waals surface area contributed by atoms with Crippen molar-refractivity contribution in [1.29, 1.82) is 0 Å². The van der Waals surface area contributed by atoms with E-state index < -0.39 is 0 Å². The molecule has 0 unspecified atom stereocenters. The number of hydrogen-bond acceptors (Lipinski definition) is 3. The van der Waals surface area contributed by atoms with Gasteiger partial charge in [-0.25, -0.2) is 4.39 Å². The second-order valence-corrected chi connectivity index (χ2v) is 5.05. The van der Waals surface area contributed by atoms with E-state index in [4.69, 9.17) is 9.47 Å². The molecule has 0 saturated heterocycles. The molecule has 0 aromatic heterocycles. The molecule has 1 aromatic rings. The van der Waals surface area contributed by atoms with Crippen molar-refractivity contribution in [2.24, 2.45) is 0 Å². The Morgan fingerprint density at radius 2 is 2.10 bits per heavy atom. The summed E-state index contributed by atoms with van der Waals surface area (Å²) in [5.74, 6) is -0.583. The van der Waals surface area contributed by atoms with Crippen molar-refractivity contribution < 1.29 is 18.7 Å². The molecule has 0 fully saturated rings. The van der Waals surface area contributed by atoms with Gasteiger partial charge in [0.25, 0.3) is 5.91 Å². The lowest BCUT2D eigenvalue weighted by Gasteiger charge is -2.06. The summed E-state index contributed by atoms with van der Waals surface area (Å²) in [7, 11) is 1.63. The Morgan fingerprint density at radius 1 is 1.30 bits per heavy atom. The van der Waals surface area contributed by atoms with E-state index in [0.717, 1.165) is 12.8 Å². The first kappa shape index (κ1) is 17.1. The Hall–Kier alpha value is -0.980. The third-order valence-corrected chi connectivity index (χ3v) is 3.22. The summed E-state index contributed by atoms with van der Waals surface area (Å²) in [4.78, 5) is 11.8. The summed E-state index contributed by atoms with van der Waals surface area (Å²) in [6, 6.07) is 4.20. The van der Waals surface area contributed by atoms with Crippen molar-refractivity contribution in [2.75, 3.05) is 33.5 Å². The summed E-state index contributed by atoms with van der Waals surface area (Å²) in [6.45, 7) is 2.41. The fourth-order valence-corrected chi connectivity index (χ4v) is 1.89. The van der Waals surface area contributed by atoms with Crippen LogP contribution in [0.25, 0.3) is 0 Å². The fourth-order valence-electron chi connectivity index (χ4n) is 1.51. The molecule has 1 amide bonds. The third-order valence-electron chi connectivity index (χ3n) is 2.61. The van der Waals surface area contributed by atoms with Gasteiger partial charge in [0.1, 0.15) is 5.82 Å². The minimum absolute atomic E-state index is 0.203. The summed E-state index contributed by atoms with van der Waals surface area (Å²) in [6.07, 6.45) is 1.71. The molecule has 0 aliphatic rings. The van der Waals surface area contributed by atoms with E-state index in [1.165, 1.54) is 18.2 Å². The van der Waals surface area contributed by atoms with Gasteiger partial charge in [-0.3, -0.25) is 4.79 Å². The number of unbranched alkanes of at least 4 members (excludes halogenated alkanes) is 1. The molecule has 1 aromatic carbocycles. The fraction of sp³-hybridized carbons (Fsp3) is 0.500. The van der Waals surface area contributed by atoms with Crippen LogP contribution in [0.1, 0.15) is 23.2 Å². The van der Waals surface area contributed by atoms with Crippen molar-refractivity contribution in [3.05, 3.63) is 34.1 Å². The molecule has 0 spiro atoms. The molecule has 0 atom stereocenters. The van der Waals surface area contributed by atoms with E-state index >= 15 is 0 Å². The highest BCUT2D eigenvalue weighted by atomic mass is 79.9. The van der Waals surface area contributed by atoms with Crippen molar-refractivity contribution in [1.82, 2.24) is 5.32 Å². The van der Waals surface area contributed by atoms with Crippen LogP contribution in [0.15, 0.2) is 22.7 Å². The van der Waals surface area contributed by atoms with Crippen LogP contribution in [-0.2, 0) is 9.47 Å². The van der Waals surface area contributed by atoms with Crippen LogP contribution >= 0.6 is 15.9 Å². The number of amides is 1. The van der Waals surface area contributed by atoms with Gasteiger partial charge in [0.2, 0.25) is 0 Å². The van der Waals surface area contributed by atoms with Gasteiger partial charge in [-0.15, -0.1) is 0 Å². The molecular weight excluding hydrogens is 329 g/mol. The average molecular weight is 348 g/mol. The standard InChI is InChI=1S/C14H19BrFNO3/c1-19-8-9-20-7-3-2-6-17-14(18)11-4-5-13(16)12(15)10-11/h4-5,10H,2-3,6-9H2,1H3,(H,17,18). The Balaban J connectivity index is 2.15. The predicted molar refractivity (Wildman–Crippen MR) is 78.4 cm³/mol. The number of carbonyl (C=O) groups is 1. The van der Waals surface area contributed by atoms with Crippen molar-refractivity contribution in [3.8, 4) is 0 Å². The molecule has 0 radical (unpaired) electrons. The summed E-state index contributed by atoms with van der Waals surface area (Å²) >= 11 is 3.06. The minimum atomic E-state index is -0.380. The van der Waals surface area contributed by atoms with Gasteiger partial charge >= 0.3 is 0 Å². The van der Waals surface area contributed by atoms with Gasteiger partial charge in [-0.05, 0) is 47.0 Å². The number of nitrogens with one attached hydrogen (secondary N) is 1. The molecule has 0 heterocycles. The zero-order valence-corrected chi connectivity index (χ0v) is 13.0. The monoisotopic (exact) mass is 347 g/mol. The number of carbonyl (C=O) groups excluding carboxylic acids is 1. The molecule has 1 rings (SSSR count). The van der Waals surface area contributed by atoms with E-state index in [2.05, 4.69) is 21.2 Å². The van der Waals surface area contributed by atoms with E-state index in [1.54, 1.807) is 7.11 Å². The first-order valence-corrected chi connectivity index (χ1v) is 7.24. The highest BCUT2D eigenvalue weighted by Gasteiger charge is 2.07. The zero-order valence-electron chi connectivity index (χ0n) is 11.5. The van der Waals surface area contributed by atoms with Gasteiger partial charge in [-0.1, -0.05) is 0 Å². The lowest BCUT2D eigenvalue weighted by atomic mass is 10.2. The SMILES string of the molecule is COCCOCCCCNC(=O)c1ccc(F)c(Br)c1. The lowest BCUT2D eigenvalue weighted by Crippen LogP contribution is -2.24. The van der Waals surface area contributed by atoms with Crippen molar-refractivity contribution in [2.45, 2.75) is 12.8 Å². The summed E-state index contributed by atoms with van der Waals surface area (Å²) < 4.78 is 23.5. The van der Waals surface area contributed by atoms with Crippen LogP contribution in [-0.4, -0.2) is 39.4 Å². The molecule has 6 heteroatoms. The molecule has 0 aliphatic heterocycles. The Kier molecular flexibility index (Phi) is 8.41. The summed E-state index contributed by atoms with van der Waals surface area (Å²) in [5, 5.41) is 2.79. The Labute approximate surface area is 126 Å². The minimum Gasteiger partial charge on any atom is -0.382 e. The molecule has 4 nitrogen and oxygen atoms in total. The first-order chi connectivity index (χ1) is 9.65. The lowest BCUT2D eigenvalue weighted by molar-refractivity contribution is 0.0686. The molecule has 1 N–H and O–H groups in total. The normalized spacial score (nSPS) is 10.6. The largest absolute Gasteiger partial charge is 0.382 e. The van der Waals surface area contributed by atoms with Crippen molar-refractivity contribution >= 4 is 21.8 Å². The van der Waals surface area contributed by atoms with Crippen LogP contribution in [0.4, 0.5) is 4.39 Å². The molecule has 112 valence electrons. The van der Waals surface area contributed by atoms with E-state index in [0.29, 0.717) is 31.9 Å². The molecule has 0 saturated carbocycles. The maximum Gasteiger partial charge on any atom is 0.251 e. The third kappa shape index (κ3) is 6.45. The van der Waals surface area contributed by atoms with Crippen LogP contribution in [0.5, 0.6) is 0 Å². The zero-order chi connectivity index (χ0) is 14.8. The van der Waals surface area contributed by atoms with E-state index in [-0.39, 0.29) is 16.2 Å². The number of ether oxygens (including phenoxy) is 2. The number of benzene rings is 1. The number of halogens is 2. The first-order valence-electron chi connectivity index (χ1n) is 6.45. The second-order valence-electron chi connectivity index (χ2n) is 4.20. The van der Waals surface area contributed by atoms with Gasteiger partial charge in [-0.2, -0.15) is 0 Å². The number of methoxy groups -OCH3 is 1. The average Bonchev–Trinajstić information content (AvgIpc) is 2.44. The quantitative estimate of drug-likeness (QED) is 0.698. The van der Waals surface area contributed by atoms with Crippen LogP contribution in [0.3, 0.4) is 0 Å². The predicted octanol–water partition coefficient (Wildman–Crippen LogP) is 2.76. The molecule has 20 heavy (non-hydrogen) atoms.